The molecule has 0 bridgehead atoms. The van der Waals surface area contributed by atoms with Crippen molar-refractivity contribution in [1.29, 1.82) is 0 Å². The van der Waals surface area contributed by atoms with E-state index in [1.165, 1.54) is 45.7 Å². The molecule has 3 aliphatic heterocycles. The van der Waals surface area contributed by atoms with Crippen LogP contribution in [0.1, 0.15) is 80.6 Å². The molecule has 1 amide bonds. The van der Waals surface area contributed by atoms with Crippen molar-refractivity contribution in [2.75, 3.05) is 32.7 Å². The molecule has 3 fully saturated rings. The zero-order valence-electron chi connectivity index (χ0n) is 24.9. The van der Waals surface area contributed by atoms with Crippen molar-refractivity contribution in [3.8, 4) is 0 Å². The van der Waals surface area contributed by atoms with E-state index < -0.39 is 18.4 Å². The Morgan fingerprint density at radius 1 is 0.952 bits per heavy atom. The van der Waals surface area contributed by atoms with Crippen molar-refractivity contribution < 1.29 is 28.9 Å². The van der Waals surface area contributed by atoms with Gasteiger partial charge in [0.2, 0.25) is 0 Å². The molecule has 3 aliphatic rings. The molecule has 3 saturated heterocycles. The number of esters is 1. The van der Waals surface area contributed by atoms with Gasteiger partial charge in [-0.25, -0.2) is 0 Å². The van der Waals surface area contributed by atoms with Crippen LogP contribution in [-0.2, 0) is 37.0 Å². The summed E-state index contributed by atoms with van der Waals surface area (Å²) in [5.74, 6) is -0.821. The van der Waals surface area contributed by atoms with Crippen molar-refractivity contribution in [3.63, 3.8) is 0 Å². The first kappa shape index (κ1) is 30.6. The maximum absolute atomic E-state index is 12.2. The number of likely N-dealkylation sites (tertiary alicyclic amines) is 2. The summed E-state index contributed by atoms with van der Waals surface area (Å²) in [5.41, 5.74) is 3.81. The van der Waals surface area contributed by atoms with Gasteiger partial charge in [-0.3, -0.25) is 14.5 Å². The Bertz CT molecular complexity index is 1170. The monoisotopic (exact) mass is 579 g/mol. The minimum atomic E-state index is -0.836. The highest BCUT2D eigenvalue weighted by Gasteiger charge is 2.36. The Kier molecular flexibility index (Phi) is 10.6. The summed E-state index contributed by atoms with van der Waals surface area (Å²) in [6, 6.07) is 16.5. The molecule has 0 spiro atoms. The quantitative estimate of drug-likeness (QED) is 0.388. The normalized spacial score (nSPS) is 25.8. The Balaban J connectivity index is 1.25. The molecule has 2 N–H and O–H groups in total. The lowest BCUT2D eigenvalue weighted by Crippen LogP contribution is -2.45. The Labute approximate surface area is 249 Å². The van der Waals surface area contributed by atoms with E-state index in [0.717, 1.165) is 48.3 Å². The molecule has 0 aliphatic carbocycles. The second kappa shape index (κ2) is 14.6. The van der Waals surface area contributed by atoms with Gasteiger partial charge in [0.25, 0.3) is 5.91 Å². The molecule has 0 saturated carbocycles. The van der Waals surface area contributed by atoms with Crippen LogP contribution in [0.3, 0.4) is 0 Å². The van der Waals surface area contributed by atoms with Crippen LogP contribution in [0.15, 0.2) is 48.5 Å². The summed E-state index contributed by atoms with van der Waals surface area (Å²) in [6.07, 6.45) is 4.42. The van der Waals surface area contributed by atoms with Gasteiger partial charge in [0, 0.05) is 44.6 Å². The zero-order chi connectivity index (χ0) is 29.5. The summed E-state index contributed by atoms with van der Waals surface area (Å²) < 4.78 is 18.1. The first-order chi connectivity index (χ1) is 20.4. The molecule has 228 valence electrons. The number of aliphatic hydroxyl groups is 1. The van der Waals surface area contributed by atoms with Crippen molar-refractivity contribution in [1.82, 2.24) is 15.1 Å². The maximum Gasteiger partial charge on any atom is 0.303 e. The molecule has 3 heterocycles. The smallest absolute Gasteiger partial charge is 0.303 e. The number of nitrogens with zero attached hydrogens (tertiary/aromatic N) is 2. The van der Waals surface area contributed by atoms with Crippen LogP contribution in [-0.4, -0.2) is 77.8 Å². The maximum atomic E-state index is 12.2. The first-order valence-corrected chi connectivity index (χ1v) is 15.4. The van der Waals surface area contributed by atoms with E-state index in [1.54, 1.807) is 6.92 Å². The lowest BCUT2D eigenvalue weighted by atomic mass is 9.99. The molecule has 0 radical (unpaired) electrons. The van der Waals surface area contributed by atoms with Crippen molar-refractivity contribution >= 4 is 11.9 Å². The largest absolute Gasteiger partial charge is 0.453 e. The second-order valence-corrected chi connectivity index (χ2v) is 11.9. The lowest BCUT2D eigenvalue weighted by Gasteiger charge is -2.39. The highest BCUT2D eigenvalue weighted by molar-refractivity contribution is 5.82. The predicted molar refractivity (Wildman–Crippen MR) is 158 cm³/mol. The fraction of sp³-hybridized carbons (Fsp3) is 0.576. The van der Waals surface area contributed by atoms with E-state index in [1.807, 2.05) is 48.5 Å². The van der Waals surface area contributed by atoms with Crippen LogP contribution in [0.2, 0.25) is 0 Å². The number of nitrogens with one attached hydrogen (secondary N) is 1. The number of benzene rings is 2. The van der Waals surface area contributed by atoms with E-state index >= 15 is 0 Å². The minimum Gasteiger partial charge on any atom is -0.453 e. The van der Waals surface area contributed by atoms with Crippen LogP contribution in [0.5, 0.6) is 0 Å². The van der Waals surface area contributed by atoms with Gasteiger partial charge in [-0.1, -0.05) is 48.5 Å². The fourth-order valence-electron chi connectivity index (χ4n) is 6.33. The number of amides is 1. The standard InChI is InChI=1S/C33H45N3O6/c1-23(40-24(2)38)32(39)34-19-25-7-13-28(14-8-25)33-41-30(18-31(42-33)27-11-9-26(22-37)10-12-27)21-36-17-5-6-29(36)20-35-15-3-4-16-35/h7-14,23,29-31,33,37H,3-6,15-22H2,1-2H3,(H,34,39)/t23-,29-,30-,31+,33+/m0/s1. The van der Waals surface area contributed by atoms with E-state index in [4.69, 9.17) is 14.2 Å². The molecule has 0 aromatic heterocycles. The summed E-state index contributed by atoms with van der Waals surface area (Å²) in [5, 5.41) is 12.3. The van der Waals surface area contributed by atoms with Crippen molar-refractivity contribution in [3.05, 3.63) is 70.8 Å². The van der Waals surface area contributed by atoms with E-state index in [9.17, 15) is 14.7 Å². The summed E-state index contributed by atoms with van der Waals surface area (Å²) in [7, 11) is 0. The van der Waals surface area contributed by atoms with E-state index in [-0.39, 0.29) is 24.7 Å². The van der Waals surface area contributed by atoms with Gasteiger partial charge in [-0.05, 0) is 68.9 Å². The second-order valence-electron chi connectivity index (χ2n) is 11.9. The number of carbonyl (C=O) groups is 2. The molecule has 2 aromatic carbocycles. The minimum absolute atomic E-state index is 0.0169. The number of rotatable bonds is 11. The summed E-state index contributed by atoms with van der Waals surface area (Å²) in [4.78, 5) is 28.6. The molecule has 5 atom stereocenters. The molecule has 0 unspecified atom stereocenters. The van der Waals surface area contributed by atoms with Gasteiger partial charge in [-0.15, -0.1) is 0 Å². The van der Waals surface area contributed by atoms with Crippen molar-refractivity contribution in [2.45, 2.75) is 89.7 Å². The topological polar surface area (TPSA) is 101 Å². The molecule has 5 rings (SSSR count). The van der Waals surface area contributed by atoms with Gasteiger partial charge in [-0.2, -0.15) is 0 Å². The SMILES string of the molecule is CC(=O)O[C@@H](C)C(=O)NCc1ccc([C@@H]2O[C@H](CN3CCC[C@H]3CN3CCCC3)C[C@H](c3ccc(CO)cc3)O2)cc1. The third-order valence-electron chi connectivity index (χ3n) is 8.65. The van der Waals surface area contributed by atoms with Gasteiger partial charge < -0.3 is 29.5 Å². The van der Waals surface area contributed by atoms with Crippen LogP contribution < -0.4 is 5.32 Å². The lowest BCUT2D eigenvalue weighted by molar-refractivity contribution is -0.253. The highest BCUT2D eigenvalue weighted by atomic mass is 16.7. The average molecular weight is 580 g/mol. The fourth-order valence-corrected chi connectivity index (χ4v) is 6.33. The van der Waals surface area contributed by atoms with Crippen LogP contribution in [0.4, 0.5) is 0 Å². The van der Waals surface area contributed by atoms with E-state index in [0.29, 0.717) is 12.6 Å². The Morgan fingerprint density at radius 2 is 1.64 bits per heavy atom. The van der Waals surface area contributed by atoms with E-state index in [2.05, 4.69) is 15.1 Å². The third-order valence-corrected chi connectivity index (χ3v) is 8.65. The number of aliphatic hydroxyl groups excluding tert-OH is 1. The summed E-state index contributed by atoms with van der Waals surface area (Å²) in [6.45, 7) is 8.76. The number of hydrogen-bond donors (Lipinski definition) is 2. The van der Waals surface area contributed by atoms with Gasteiger partial charge in [0.15, 0.2) is 12.4 Å². The van der Waals surface area contributed by atoms with Crippen LogP contribution in [0.25, 0.3) is 0 Å². The van der Waals surface area contributed by atoms with Crippen LogP contribution in [0, 0.1) is 0 Å². The van der Waals surface area contributed by atoms with Gasteiger partial charge in [0.05, 0.1) is 18.8 Å². The van der Waals surface area contributed by atoms with Crippen LogP contribution >= 0.6 is 0 Å². The highest BCUT2D eigenvalue weighted by Crippen LogP contribution is 2.39. The molecule has 2 aromatic rings. The Morgan fingerprint density at radius 3 is 2.33 bits per heavy atom. The molecular formula is C33H45N3O6. The average Bonchev–Trinajstić information content (AvgIpc) is 3.68. The number of ether oxygens (including phenoxy) is 3. The summed E-state index contributed by atoms with van der Waals surface area (Å²) >= 11 is 0. The molecular weight excluding hydrogens is 534 g/mol. The number of hydrogen-bond acceptors (Lipinski definition) is 8. The molecule has 9 nitrogen and oxygen atoms in total. The van der Waals surface area contributed by atoms with Gasteiger partial charge in [0.1, 0.15) is 0 Å². The molecule has 42 heavy (non-hydrogen) atoms. The zero-order valence-corrected chi connectivity index (χ0v) is 24.9. The Hall–Kier alpha value is -2.82. The van der Waals surface area contributed by atoms with Gasteiger partial charge >= 0.3 is 5.97 Å². The van der Waals surface area contributed by atoms with Crippen molar-refractivity contribution in [2.24, 2.45) is 0 Å². The predicted octanol–water partition coefficient (Wildman–Crippen LogP) is 3.85. The third kappa shape index (κ3) is 8.17. The molecule has 9 heteroatoms. The first-order valence-electron chi connectivity index (χ1n) is 15.4. The number of carbonyl (C=O) groups excluding carboxylic acids is 2.